The summed E-state index contributed by atoms with van der Waals surface area (Å²) in [4.78, 5) is 6.11. The molecule has 2 aromatic rings. The average Bonchev–Trinajstić information content (AvgIpc) is 2.65. The Balaban J connectivity index is 2.21. The quantitative estimate of drug-likeness (QED) is 0.885. The van der Waals surface area contributed by atoms with E-state index >= 15 is 0 Å². The number of ether oxygens (including phenoxy) is 1. The molecule has 0 saturated heterocycles. The van der Waals surface area contributed by atoms with Crippen LogP contribution in [0, 0.1) is 6.92 Å². The molecule has 22 heavy (non-hydrogen) atoms. The van der Waals surface area contributed by atoms with Crippen LogP contribution in [0.2, 0.25) is 0 Å². The lowest BCUT2D eigenvalue weighted by molar-refractivity contribution is 0.0422. The third-order valence-electron chi connectivity index (χ3n) is 3.22. The van der Waals surface area contributed by atoms with Crippen molar-refractivity contribution in [2.24, 2.45) is 7.05 Å². The molecule has 1 N–H and O–H groups in total. The second kappa shape index (κ2) is 6.46. The van der Waals surface area contributed by atoms with Crippen LogP contribution in [0.1, 0.15) is 25.1 Å². The van der Waals surface area contributed by atoms with E-state index in [2.05, 4.69) is 15.0 Å². The molecule has 0 amide bonds. The number of rotatable bonds is 6. The molecule has 0 bridgehead atoms. The summed E-state index contributed by atoms with van der Waals surface area (Å²) in [5, 5.41) is 14.4. The summed E-state index contributed by atoms with van der Waals surface area (Å²) in [6.45, 7) is 6.77. The Hall–Kier alpha value is -1.92. The molecule has 0 aliphatic rings. The van der Waals surface area contributed by atoms with Gasteiger partial charge in [0.15, 0.2) is 0 Å². The van der Waals surface area contributed by atoms with Gasteiger partial charge in [0.25, 0.3) is 0 Å². The lowest BCUT2D eigenvalue weighted by Gasteiger charge is -2.25. The van der Waals surface area contributed by atoms with Gasteiger partial charge in [-0.2, -0.15) is 5.10 Å². The lowest BCUT2D eigenvalue weighted by Crippen LogP contribution is -2.35. The van der Waals surface area contributed by atoms with Gasteiger partial charge in [-0.05, 0) is 40.0 Å². The third-order valence-corrected chi connectivity index (χ3v) is 3.22. The van der Waals surface area contributed by atoms with Crippen molar-refractivity contribution in [1.29, 1.82) is 0 Å². The number of likely N-dealkylation sites (N-methyl/N-ethyl adjacent to an activating group) is 1. The Morgan fingerprint density at radius 3 is 2.73 bits per heavy atom. The van der Waals surface area contributed by atoms with Crippen LogP contribution in [0.25, 0.3) is 0 Å². The normalized spacial score (nSPS) is 12.0. The minimum atomic E-state index is -0.741. The van der Waals surface area contributed by atoms with Crippen LogP contribution in [-0.2, 0) is 13.6 Å². The number of hydrogen-bond acceptors (Lipinski definition) is 5. The molecule has 120 valence electrons. The maximum Gasteiger partial charge on any atom is 0.222 e. The fraction of sp³-hybridized carbons (Fsp3) is 0.500. The van der Waals surface area contributed by atoms with Crippen molar-refractivity contribution in [1.82, 2.24) is 19.7 Å². The van der Waals surface area contributed by atoms with E-state index in [0.29, 0.717) is 24.7 Å². The van der Waals surface area contributed by atoms with E-state index in [4.69, 9.17) is 4.74 Å². The topological polar surface area (TPSA) is 63.4 Å². The van der Waals surface area contributed by atoms with Crippen molar-refractivity contribution >= 4 is 0 Å². The summed E-state index contributed by atoms with van der Waals surface area (Å²) in [7, 11) is 3.83. The molecule has 2 rings (SSSR count). The highest BCUT2D eigenvalue weighted by atomic mass is 16.5. The van der Waals surface area contributed by atoms with E-state index in [1.54, 1.807) is 30.9 Å². The van der Waals surface area contributed by atoms with Crippen LogP contribution in [0.3, 0.4) is 0 Å². The van der Waals surface area contributed by atoms with E-state index in [0.717, 1.165) is 11.3 Å². The summed E-state index contributed by atoms with van der Waals surface area (Å²) < 4.78 is 7.67. The van der Waals surface area contributed by atoms with Crippen LogP contribution in [0.15, 0.2) is 24.5 Å². The van der Waals surface area contributed by atoms with Crippen molar-refractivity contribution in [2.45, 2.75) is 32.9 Å². The van der Waals surface area contributed by atoms with Crippen molar-refractivity contribution in [3.8, 4) is 11.6 Å². The summed E-state index contributed by atoms with van der Waals surface area (Å²) >= 11 is 0. The number of aryl methyl sites for hydroxylation is 2. The number of aliphatic hydroxyl groups is 1. The van der Waals surface area contributed by atoms with Crippen molar-refractivity contribution in [2.75, 3.05) is 13.6 Å². The van der Waals surface area contributed by atoms with Crippen LogP contribution >= 0.6 is 0 Å². The Morgan fingerprint density at radius 2 is 2.14 bits per heavy atom. The zero-order chi connectivity index (χ0) is 16.3. The van der Waals surface area contributed by atoms with Gasteiger partial charge in [-0.3, -0.25) is 9.88 Å². The van der Waals surface area contributed by atoms with Crippen molar-refractivity contribution in [3.05, 3.63) is 35.8 Å². The highest BCUT2D eigenvalue weighted by Gasteiger charge is 2.21. The maximum absolute atomic E-state index is 9.94. The Morgan fingerprint density at radius 1 is 1.41 bits per heavy atom. The number of hydrogen-bond donors (Lipinski definition) is 1. The lowest BCUT2D eigenvalue weighted by atomic mass is 10.1. The Kier molecular flexibility index (Phi) is 4.83. The molecule has 6 heteroatoms. The second-order valence-electron chi connectivity index (χ2n) is 6.27. The smallest absolute Gasteiger partial charge is 0.222 e. The maximum atomic E-state index is 9.94. The molecule has 0 saturated carbocycles. The van der Waals surface area contributed by atoms with E-state index in [1.807, 2.05) is 33.2 Å². The predicted octanol–water partition coefficient (Wildman–Crippen LogP) is 2.12. The summed E-state index contributed by atoms with van der Waals surface area (Å²) in [6, 6.07) is 3.69. The Bertz CT molecular complexity index is 617. The predicted molar refractivity (Wildman–Crippen MR) is 84.9 cm³/mol. The molecule has 2 aromatic heterocycles. The van der Waals surface area contributed by atoms with Gasteiger partial charge < -0.3 is 9.84 Å². The number of pyridine rings is 1. The SMILES string of the molecule is Cc1nn(C)c(Oc2cccnc2)c1CN(C)CC(C)(C)O. The number of nitrogens with zero attached hydrogens (tertiary/aromatic N) is 4. The number of aromatic nitrogens is 3. The highest BCUT2D eigenvalue weighted by Crippen LogP contribution is 2.27. The first kappa shape index (κ1) is 16.5. The standard InChI is InChI=1S/C16H24N4O2/c1-12-14(10-19(4)11-16(2,3)21)15(20(5)18-12)22-13-7-6-8-17-9-13/h6-9,21H,10-11H2,1-5H3. The van der Waals surface area contributed by atoms with Gasteiger partial charge in [0.05, 0.1) is 23.1 Å². The van der Waals surface area contributed by atoms with Crippen LogP contribution in [0.4, 0.5) is 0 Å². The molecule has 0 radical (unpaired) electrons. The fourth-order valence-electron chi connectivity index (χ4n) is 2.50. The highest BCUT2D eigenvalue weighted by molar-refractivity contribution is 5.34. The summed E-state index contributed by atoms with van der Waals surface area (Å²) in [6.07, 6.45) is 3.38. The molecule has 0 aromatic carbocycles. The van der Waals surface area contributed by atoms with E-state index in [9.17, 15) is 5.11 Å². The van der Waals surface area contributed by atoms with E-state index in [-0.39, 0.29) is 0 Å². The van der Waals surface area contributed by atoms with Crippen LogP contribution in [0.5, 0.6) is 11.6 Å². The molecular formula is C16H24N4O2. The van der Waals surface area contributed by atoms with Gasteiger partial charge in [0.2, 0.25) is 5.88 Å². The molecule has 0 unspecified atom stereocenters. The zero-order valence-corrected chi connectivity index (χ0v) is 13.9. The minimum absolute atomic E-state index is 0.563. The first-order valence-corrected chi connectivity index (χ1v) is 7.27. The molecule has 0 atom stereocenters. The molecule has 2 heterocycles. The van der Waals surface area contributed by atoms with Gasteiger partial charge in [-0.1, -0.05) is 0 Å². The molecule has 0 fully saturated rings. The van der Waals surface area contributed by atoms with Crippen LogP contribution < -0.4 is 4.74 Å². The minimum Gasteiger partial charge on any atom is -0.437 e. The second-order valence-corrected chi connectivity index (χ2v) is 6.27. The van der Waals surface area contributed by atoms with Gasteiger partial charge in [0.1, 0.15) is 5.75 Å². The fourth-order valence-corrected chi connectivity index (χ4v) is 2.50. The van der Waals surface area contributed by atoms with Gasteiger partial charge in [-0.15, -0.1) is 0 Å². The molecule has 0 aliphatic carbocycles. The first-order valence-electron chi connectivity index (χ1n) is 7.27. The van der Waals surface area contributed by atoms with Gasteiger partial charge >= 0.3 is 0 Å². The van der Waals surface area contributed by atoms with Crippen molar-refractivity contribution < 1.29 is 9.84 Å². The first-order chi connectivity index (χ1) is 10.3. The van der Waals surface area contributed by atoms with E-state index < -0.39 is 5.60 Å². The molecule has 6 nitrogen and oxygen atoms in total. The average molecular weight is 304 g/mol. The summed E-state index contributed by atoms with van der Waals surface area (Å²) in [5.74, 6) is 1.38. The summed E-state index contributed by atoms with van der Waals surface area (Å²) in [5.41, 5.74) is 1.19. The molecular weight excluding hydrogens is 280 g/mol. The third kappa shape index (κ3) is 4.29. The monoisotopic (exact) mass is 304 g/mol. The molecule has 0 aliphatic heterocycles. The Labute approximate surface area is 131 Å². The van der Waals surface area contributed by atoms with E-state index in [1.165, 1.54) is 0 Å². The van der Waals surface area contributed by atoms with Gasteiger partial charge in [0, 0.05) is 26.3 Å². The van der Waals surface area contributed by atoms with Crippen LogP contribution in [-0.4, -0.2) is 44.0 Å². The largest absolute Gasteiger partial charge is 0.437 e. The zero-order valence-electron chi connectivity index (χ0n) is 13.9. The van der Waals surface area contributed by atoms with Gasteiger partial charge in [-0.25, -0.2) is 4.68 Å². The van der Waals surface area contributed by atoms with Crippen molar-refractivity contribution in [3.63, 3.8) is 0 Å². The molecule has 0 spiro atoms.